The van der Waals surface area contributed by atoms with Crippen LogP contribution in [-0.2, 0) is 6.54 Å². The molecule has 0 aliphatic carbocycles. The predicted octanol–water partition coefficient (Wildman–Crippen LogP) is 2.05. The average molecular weight is 219 g/mol. The Balaban J connectivity index is 2.35. The van der Waals surface area contributed by atoms with Gasteiger partial charge in [-0.1, -0.05) is 6.07 Å². The molecule has 2 aromatic rings. The predicted molar refractivity (Wildman–Crippen MR) is 63.2 cm³/mol. The van der Waals surface area contributed by atoms with Gasteiger partial charge in [0.1, 0.15) is 0 Å². The van der Waals surface area contributed by atoms with Crippen LogP contribution < -0.4 is 5.73 Å². The normalized spacial score (nSPS) is 10.5. The van der Waals surface area contributed by atoms with Crippen molar-refractivity contribution in [3.05, 3.63) is 42.2 Å². The first-order valence-electron chi connectivity index (χ1n) is 4.72. The van der Waals surface area contributed by atoms with Crippen LogP contribution in [0.4, 0.5) is 0 Å². The Labute approximate surface area is 93.3 Å². The summed E-state index contributed by atoms with van der Waals surface area (Å²) in [5.74, 6) is 0. The first-order chi connectivity index (χ1) is 7.33. The summed E-state index contributed by atoms with van der Waals surface area (Å²) in [4.78, 5) is 1.23. The lowest BCUT2D eigenvalue weighted by atomic mass is 10.3. The second-order valence-electron chi connectivity index (χ2n) is 3.16. The fourth-order valence-corrected chi connectivity index (χ4v) is 1.82. The molecule has 0 bridgehead atoms. The van der Waals surface area contributed by atoms with E-state index in [0.29, 0.717) is 6.54 Å². The highest BCUT2D eigenvalue weighted by molar-refractivity contribution is 7.98. The molecule has 0 amide bonds. The van der Waals surface area contributed by atoms with Crippen LogP contribution in [0.1, 0.15) is 5.69 Å². The lowest BCUT2D eigenvalue weighted by molar-refractivity contribution is 0.831. The highest BCUT2D eigenvalue weighted by Gasteiger charge is 2.00. The third-order valence-electron chi connectivity index (χ3n) is 2.17. The van der Waals surface area contributed by atoms with E-state index in [0.717, 1.165) is 11.4 Å². The van der Waals surface area contributed by atoms with E-state index in [2.05, 4.69) is 23.5 Å². The Morgan fingerprint density at radius 1 is 1.40 bits per heavy atom. The Bertz CT molecular complexity index is 451. The zero-order valence-corrected chi connectivity index (χ0v) is 9.37. The van der Waals surface area contributed by atoms with Gasteiger partial charge in [0, 0.05) is 17.6 Å². The van der Waals surface area contributed by atoms with E-state index in [1.807, 2.05) is 29.1 Å². The van der Waals surface area contributed by atoms with Gasteiger partial charge in [-0.3, -0.25) is 0 Å². The quantitative estimate of drug-likeness (QED) is 0.803. The smallest absolute Gasteiger partial charge is 0.0764 e. The molecule has 2 rings (SSSR count). The molecule has 3 nitrogen and oxygen atoms in total. The van der Waals surface area contributed by atoms with Crippen LogP contribution >= 0.6 is 11.8 Å². The van der Waals surface area contributed by atoms with Crippen LogP contribution in [0.2, 0.25) is 0 Å². The van der Waals surface area contributed by atoms with Crippen LogP contribution in [0, 0.1) is 0 Å². The van der Waals surface area contributed by atoms with Gasteiger partial charge in [0.15, 0.2) is 0 Å². The van der Waals surface area contributed by atoms with Crippen molar-refractivity contribution in [2.75, 3.05) is 6.26 Å². The second kappa shape index (κ2) is 4.51. The maximum atomic E-state index is 5.52. The van der Waals surface area contributed by atoms with E-state index in [4.69, 9.17) is 5.73 Å². The van der Waals surface area contributed by atoms with Gasteiger partial charge in [0.05, 0.1) is 11.4 Å². The van der Waals surface area contributed by atoms with E-state index >= 15 is 0 Å². The van der Waals surface area contributed by atoms with Gasteiger partial charge >= 0.3 is 0 Å². The van der Waals surface area contributed by atoms with Crippen molar-refractivity contribution in [2.45, 2.75) is 11.4 Å². The SMILES string of the molecule is CSc1cccc(-n2ccc(CN)n2)c1. The van der Waals surface area contributed by atoms with Crippen LogP contribution in [0.15, 0.2) is 41.4 Å². The second-order valence-corrected chi connectivity index (χ2v) is 4.04. The third-order valence-corrected chi connectivity index (χ3v) is 2.90. The lowest BCUT2D eigenvalue weighted by Gasteiger charge is -2.02. The number of hydrogen-bond acceptors (Lipinski definition) is 3. The van der Waals surface area contributed by atoms with Crippen molar-refractivity contribution in [2.24, 2.45) is 5.73 Å². The molecule has 0 saturated heterocycles. The molecule has 0 unspecified atom stereocenters. The monoisotopic (exact) mass is 219 g/mol. The molecule has 1 aromatic carbocycles. The molecule has 15 heavy (non-hydrogen) atoms. The molecule has 4 heteroatoms. The fraction of sp³-hybridized carbons (Fsp3) is 0.182. The number of hydrogen-bond donors (Lipinski definition) is 1. The lowest BCUT2D eigenvalue weighted by Crippen LogP contribution is -2.00. The van der Waals surface area contributed by atoms with Crippen molar-refractivity contribution >= 4 is 11.8 Å². The van der Waals surface area contributed by atoms with E-state index in [-0.39, 0.29) is 0 Å². The molecule has 0 fully saturated rings. The summed E-state index contributed by atoms with van der Waals surface area (Å²) in [6, 6.07) is 10.2. The summed E-state index contributed by atoms with van der Waals surface area (Å²) in [5, 5.41) is 4.36. The minimum absolute atomic E-state index is 0.481. The fourth-order valence-electron chi connectivity index (χ4n) is 1.37. The van der Waals surface area contributed by atoms with Crippen LogP contribution in [0.5, 0.6) is 0 Å². The summed E-state index contributed by atoms with van der Waals surface area (Å²) in [6.45, 7) is 0.481. The topological polar surface area (TPSA) is 43.8 Å². The molecule has 0 aliphatic heterocycles. The number of rotatable bonds is 3. The Hall–Kier alpha value is -1.26. The minimum atomic E-state index is 0.481. The Kier molecular flexibility index (Phi) is 3.08. The number of nitrogens with two attached hydrogens (primary N) is 1. The average Bonchev–Trinajstić information content (AvgIpc) is 2.78. The number of nitrogens with zero attached hydrogens (tertiary/aromatic N) is 2. The van der Waals surface area contributed by atoms with Crippen molar-refractivity contribution in [3.8, 4) is 5.69 Å². The maximum Gasteiger partial charge on any atom is 0.0764 e. The largest absolute Gasteiger partial charge is 0.325 e. The molecule has 0 atom stereocenters. The first-order valence-corrected chi connectivity index (χ1v) is 5.95. The Morgan fingerprint density at radius 3 is 2.93 bits per heavy atom. The van der Waals surface area contributed by atoms with Gasteiger partial charge in [0.25, 0.3) is 0 Å². The van der Waals surface area contributed by atoms with E-state index in [9.17, 15) is 0 Å². The van der Waals surface area contributed by atoms with Gasteiger partial charge in [-0.2, -0.15) is 5.10 Å². The molecule has 0 radical (unpaired) electrons. The number of aromatic nitrogens is 2. The van der Waals surface area contributed by atoms with Crippen LogP contribution in [0.25, 0.3) is 5.69 Å². The highest BCUT2D eigenvalue weighted by atomic mass is 32.2. The summed E-state index contributed by atoms with van der Waals surface area (Å²) in [6.07, 6.45) is 4.00. The molecule has 1 aromatic heterocycles. The summed E-state index contributed by atoms with van der Waals surface area (Å²) < 4.78 is 1.85. The van der Waals surface area contributed by atoms with Crippen molar-refractivity contribution in [1.82, 2.24) is 9.78 Å². The van der Waals surface area contributed by atoms with Gasteiger partial charge in [-0.15, -0.1) is 11.8 Å². The summed E-state index contributed by atoms with van der Waals surface area (Å²) in [7, 11) is 0. The summed E-state index contributed by atoms with van der Waals surface area (Å²) >= 11 is 1.72. The number of benzene rings is 1. The van der Waals surface area contributed by atoms with Crippen LogP contribution in [-0.4, -0.2) is 16.0 Å². The molecule has 1 heterocycles. The maximum absolute atomic E-state index is 5.52. The highest BCUT2D eigenvalue weighted by Crippen LogP contribution is 2.18. The molecule has 0 spiro atoms. The van der Waals surface area contributed by atoms with Gasteiger partial charge in [-0.05, 0) is 30.5 Å². The molecular weight excluding hydrogens is 206 g/mol. The molecule has 2 N–H and O–H groups in total. The zero-order chi connectivity index (χ0) is 10.7. The third kappa shape index (κ3) is 2.22. The molecule has 0 aliphatic rings. The Morgan fingerprint density at radius 2 is 2.27 bits per heavy atom. The van der Waals surface area contributed by atoms with Gasteiger partial charge in [-0.25, -0.2) is 4.68 Å². The summed E-state index contributed by atoms with van der Waals surface area (Å²) in [5.41, 5.74) is 7.50. The molecular formula is C11H13N3S. The van der Waals surface area contributed by atoms with Crippen LogP contribution in [0.3, 0.4) is 0 Å². The van der Waals surface area contributed by atoms with E-state index in [1.165, 1.54) is 4.90 Å². The first kappa shape index (κ1) is 10.3. The molecule has 0 saturated carbocycles. The minimum Gasteiger partial charge on any atom is -0.325 e. The van der Waals surface area contributed by atoms with Crippen molar-refractivity contribution in [1.29, 1.82) is 0 Å². The van der Waals surface area contributed by atoms with Gasteiger partial charge < -0.3 is 5.73 Å². The molecule has 78 valence electrons. The van der Waals surface area contributed by atoms with Crippen molar-refractivity contribution in [3.63, 3.8) is 0 Å². The van der Waals surface area contributed by atoms with Gasteiger partial charge in [0.2, 0.25) is 0 Å². The van der Waals surface area contributed by atoms with E-state index < -0.39 is 0 Å². The standard InChI is InChI=1S/C11H13N3S/c1-15-11-4-2-3-10(7-11)14-6-5-9(8-12)13-14/h2-7H,8,12H2,1H3. The number of thioether (sulfide) groups is 1. The van der Waals surface area contributed by atoms with Crippen molar-refractivity contribution < 1.29 is 0 Å². The zero-order valence-electron chi connectivity index (χ0n) is 8.55. The van der Waals surface area contributed by atoms with E-state index in [1.54, 1.807) is 11.8 Å².